The van der Waals surface area contributed by atoms with Gasteiger partial charge in [0.1, 0.15) is 6.04 Å². The van der Waals surface area contributed by atoms with Gasteiger partial charge < -0.3 is 9.88 Å². The molecule has 4 aromatic rings. The summed E-state index contributed by atoms with van der Waals surface area (Å²) in [5.74, 6) is -0.106. The van der Waals surface area contributed by atoms with Crippen LogP contribution in [0.15, 0.2) is 53.5 Å². The molecule has 1 aromatic carbocycles. The number of nitrogens with one attached hydrogen (secondary N) is 1. The predicted octanol–water partition coefficient (Wildman–Crippen LogP) is 4.42. The topological polar surface area (TPSA) is 59.8 Å². The number of carbonyl (C=O) groups excluding carboxylic acids is 1. The maximum Gasteiger partial charge on any atom is 0.248 e. The van der Waals surface area contributed by atoms with Crippen molar-refractivity contribution in [1.82, 2.24) is 14.5 Å². The van der Waals surface area contributed by atoms with Gasteiger partial charge in [-0.25, -0.2) is 9.97 Å². The second-order valence-corrected chi connectivity index (χ2v) is 7.13. The van der Waals surface area contributed by atoms with Crippen LogP contribution in [0.2, 0.25) is 0 Å². The third-order valence-corrected chi connectivity index (χ3v) is 5.44. The van der Waals surface area contributed by atoms with Crippen LogP contribution in [0, 0.1) is 0 Å². The summed E-state index contributed by atoms with van der Waals surface area (Å²) in [6.07, 6.45) is 1.70. The summed E-state index contributed by atoms with van der Waals surface area (Å²) < 4.78 is 1.87. The number of hydrogen-bond donors (Lipinski definition) is 1. The van der Waals surface area contributed by atoms with Gasteiger partial charge in [0, 0.05) is 5.38 Å². The first-order valence-electron chi connectivity index (χ1n) is 7.44. The van der Waals surface area contributed by atoms with Crippen molar-refractivity contribution in [3.63, 3.8) is 0 Å². The van der Waals surface area contributed by atoms with Gasteiger partial charge in [0.15, 0.2) is 5.13 Å². The summed E-state index contributed by atoms with van der Waals surface area (Å²) in [7, 11) is 0. The summed E-state index contributed by atoms with van der Waals surface area (Å²) in [5, 5.41) is 7.48. The Balaban J connectivity index is 1.54. The zero-order valence-corrected chi connectivity index (χ0v) is 14.5. The van der Waals surface area contributed by atoms with E-state index in [-0.39, 0.29) is 11.9 Å². The molecule has 0 radical (unpaired) electrons. The Labute approximate surface area is 146 Å². The van der Waals surface area contributed by atoms with Crippen LogP contribution in [0.1, 0.15) is 13.0 Å². The van der Waals surface area contributed by atoms with E-state index in [1.807, 2.05) is 58.6 Å². The Kier molecular flexibility index (Phi) is 3.87. The first kappa shape index (κ1) is 15.0. The molecule has 0 spiro atoms. The van der Waals surface area contributed by atoms with E-state index >= 15 is 0 Å². The van der Waals surface area contributed by atoms with Gasteiger partial charge in [0.05, 0.1) is 27.9 Å². The number of nitrogens with zero attached hydrogens (tertiary/aromatic N) is 3. The maximum absolute atomic E-state index is 12.6. The summed E-state index contributed by atoms with van der Waals surface area (Å²) in [5.41, 5.74) is 2.72. The SMILES string of the molecule is C[C@H](C(=O)Nc1nc(-c2cccs2)cs1)n1cnc2ccccc21. The first-order valence-corrected chi connectivity index (χ1v) is 9.20. The number of hydrogen-bond acceptors (Lipinski definition) is 5. The van der Waals surface area contributed by atoms with Gasteiger partial charge in [-0.05, 0) is 30.5 Å². The number of thiophene rings is 1. The molecule has 0 saturated carbocycles. The highest BCUT2D eigenvalue weighted by molar-refractivity contribution is 7.16. The van der Waals surface area contributed by atoms with Crippen molar-refractivity contribution < 1.29 is 4.79 Å². The molecular weight excluding hydrogens is 340 g/mol. The number of benzene rings is 1. The highest BCUT2D eigenvalue weighted by Crippen LogP contribution is 2.28. The minimum absolute atomic E-state index is 0.106. The van der Waals surface area contributed by atoms with Crippen LogP contribution in [-0.2, 0) is 4.79 Å². The minimum Gasteiger partial charge on any atom is -0.318 e. The second kappa shape index (κ2) is 6.18. The fourth-order valence-electron chi connectivity index (χ4n) is 2.49. The highest BCUT2D eigenvalue weighted by atomic mass is 32.1. The molecule has 24 heavy (non-hydrogen) atoms. The number of aromatic nitrogens is 3. The lowest BCUT2D eigenvalue weighted by atomic mass is 10.2. The van der Waals surface area contributed by atoms with Gasteiger partial charge in [-0.2, -0.15) is 0 Å². The molecule has 1 atom stereocenters. The van der Waals surface area contributed by atoms with Crippen LogP contribution in [0.25, 0.3) is 21.6 Å². The lowest BCUT2D eigenvalue weighted by Gasteiger charge is -2.13. The van der Waals surface area contributed by atoms with Crippen molar-refractivity contribution >= 4 is 44.7 Å². The van der Waals surface area contributed by atoms with Gasteiger partial charge in [-0.1, -0.05) is 18.2 Å². The number of amides is 1. The fourth-order valence-corrected chi connectivity index (χ4v) is 3.97. The van der Waals surface area contributed by atoms with Gasteiger partial charge >= 0.3 is 0 Å². The molecule has 7 heteroatoms. The molecule has 0 bridgehead atoms. The van der Waals surface area contributed by atoms with Gasteiger partial charge in [-0.15, -0.1) is 22.7 Å². The lowest BCUT2D eigenvalue weighted by Crippen LogP contribution is -2.23. The van der Waals surface area contributed by atoms with Crippen LogP contribution < -0.4 is 5.32 Å². The van der Waals surface area contributed by atoms with E-state index in [9.17, 15) is 4.79 Å². The molecule has 5 nitrogen and oxygen atoms in total. The molecule has 0 unspecified atom stereocenters. The Bertz CT molecular complexity index is 987. The summed E-state index contributed by atoms with van der Waals surface area (Å²) >= 11 is 3.07. The Morgan fingerprint density at radius 2 is 2.08 bits per heavy atom. The zero-order valence-electron chi connectivity index (χ0n) is 12.8. The Morgan fingerprint density at radius 1 is 1.21 bits per heavy atom. The number of para-hydroxylation sites is 2. The molecule has 1 amide bonds. The maximum atomic E-state index is 12.6. The van der Waals surface area contributed by atoms with Crippen LogP contribution in [0.3, 0.4) is 0 Å². The van der Waals surface area contributed by atoms with Gasteiger partial charge in [-0.3, -0.25) is 4.79 Å². The number of carbonyl (C=O) groups is 1. The quantitative estimate of drug-likeness (QED) is 0.590. The number of anilines is 1. The van der Waals surface area contributed by atoms with E-state index in [0.29, 0.717) is 5.13 Å². The monoisotopic (exact) mass is 354 g/mol. The van der Waals surface area contributed by atoms with Crippen molar-refractivity contribution in [2.45, 2.75) is 13.0 Å². The normalized spacial score (nSPS) is 12.4. The molecule has 4 rings (SSSR count). The van der Waals surface area contributed by atoms with Gasteiger partial charge in [0.2, 0.25) is 5.91 Å². The number of rotatable bonds is 4. The molecule has 3 heterocycles. The van der Waals surface area contributed by atoms with Crippen LogP contribution in [0.4, 0.5) is 5.13 Å². The number of thiazole rings is 1. The molecule has 0 aliphatic heterocycles. The summed E-state index contributed by atoms with van der Waals surface area (Å²) in [6.45, 7) is 1.86. The standard InChI is InChI=1S/C17H14N4OS2/c1-11(21-10-18-12-5-2-3-6-14(12)21)16(22)20-17-19-13(9-24-17)15-7-4-8-23-15/h2-11H,1H3,(H,19,20,22)/t11-/m1/s1. The minimum atomic E-state index is -0.369. The van der Waals surface area contributed by atoms with Gasteiger partial charge in [0.25, 0.3) is 0 Å². The Morgan fingerprint density at radius 3 is 2.92 bits per heavy atom. The number of fused-ring (bicyclic) bond motifs is 1. The van der Waals surface area contributed by atoms with Crippen molar-refractivity contribution in [1.29, 1.82) is 0 Å². The van der Waals surface area contributed by atoms with E-state index in [2.05, 4.69) is 15.3 Å². The third kappa shape index (κ3) is 2.72. The van der Waals surface area contributed by atoms with Crippen molar-refractivity contribution in [3.05, 3.63) is 53.5 Å². The lowest BCUT2D eigenvalue weighted by molar-refractivity contribution is -0.118. The smallest absolute Gasteiger partial charge is 0.248 e. The molecule has 120 valence electrons. The fraction of sp³-hybridized carbons (Fsp3) is 0.118. The molecular formula is C17H14N4OS2. The summed E-state index contributed by atoms with van der Waals surface area (Å²) in [6, 6.07) is 11.4. The molecule has 0 fully saturated rings. The van der Waals surface area contributed by atoms with Crippen molar-refractivity contribution in [2.75, 3.05) is 5.32 Å². The number of imidazole rings is 1. The predicted molar refractivity (Wildman–Crippen MR) is 98.5 cm³/mol. The van der Waals surface area contributed by atoms with Crippen LogP contribution in [-0.4, -0.2) is 20.4 Å². The van der Waals surface area contributed by atoms with Crippen LogP contribution in [0.5, 0.6) is 0 Å². The average molecular weight is 354 g/mol. The molecule has 1 N–H and O–H groups in total. The van der Waals surface area contributed by atoms with Crippen molar-refractivity contribution in [3.8, 4) is 10.6 Å². The summed E-state index contributed by atoms with van der Waals surface area (Å²) in [4.78, 5) is 22.5. The van der Waals surface area contributed by atoms with Crippen molar-refractivity contribution in [2.24, 2.45) is 0 Å². The molecule has 0 aliphatic rings. The largest absolute Gasteiger partial charge is 0.318 e. The van der Waals surface area contributed by atoms with E-state index in [1.54, 1.807) is 17.7 Å². The van der Waals surface area contributed by atoms with E-state index < -0.39 is 0 Å². The molecule has 0 aliphatic carbocycles. The Hall–Kier alpha value is -2.51. The average Bonchev–Trinajstić information content (AvgIpc) is 3.33. The van der Waals surface area contributed by atoms with E-state index in [1.165, 1.54) is 11.3 Å². The first-order chi connectivity index (χ1) is 11.7. The third-order valence-electron chi connectivity index (χ3n) is 3.79. The molecule has 3 aromatic heterocycles. The van der Waals surface area contributed by atoms with E-state index in [4.69, 9.17) is 0 Å². The van der Waals surface area contributed by atoms with E-state index in [0.717, 1.165) is 21.6 Å². The zero-order chi connectivity index (χ0) is 16.5. The highest BCUT2D eigenvalue weighted by Gasteiger charge is 2.18. The molecule has 0 saturated heterocycles. The second-order valence-electron chi connectivity index (χ2n) is 5.32. The van der Waals surface area contributed by atoms with Crippen LogP contribution >= 0.6 is 22.7 Å².